The summed E-state index contributed by atoms with van der Waals surface area (Å²) >= 11 is 0. The minimum Gasteiger partial charge on any atom is -0.491 e. The fourth-order valence-corrected chi connectivity index (χ4v) is 4.88. The maximum Gasteiger partial charge on any atom is 0.261 e. The molecule has 0 bridgehead atoms. The molecule has 1 saturated carbocycles. The van der Waals surface area contributed by atoms with Crippen LogP contribution in [0.25, 0.3) is 11.0 Å². The van der Waals surface area contributed by atoms with E-state index in [1.165, 1.54) is 37.0 Å². The molecule has 1 N–H and O–H groups in total. The normalized spacial score (nSPS) is 16.7. The Morgan fingerprint density at radius 2 is 1.72 bits per heavy atom. The van der Waals surface area contributed by atoms with E-state index in [4.69, 9.17) is 14.8 Å². The van der Waals surface area contributed by atoms with Crippen molar-refractivity contribution in [2.24, 2.45) is 5.92 Å². The first-order valence-corrected chi connectivity index (χ1v) is 11.3. The van der Waals surface area contributed by atoms with Gasteiger partial charge in [0.05, 0.1) is 35.3 Å². The zero-order valence-corrected chi connectivity index (χ0v) is 18.0. The molecule has 0 radical (unpaired) electrons. The Labute approximate surface area is 186 Å². The maximum atomic E-state index is 12.9. The van der Waals surface area contributed by atoms with Crippen molar-refractivity contribution in [3.05, 3.63) is 59.4 Å². The van der Waals surface area contributed by atoms with Crippen LogP contribution in [0.3, 0.4) is 0 Å². The molecule has 166 valence electrons. The fraction of sp³-hybridized carbons (Fsp3) is 0.400. The molecule has 2 aliphatic rings. The minimum atomic E-state index is -0.270. The molecule has 1 aromatic heterocycles. The number of carbonyl (C=O) groups is 2. The highest BCUT2D eigenvalue weighted by atomic mass is 16.5. The van der Waals surface area contributed by atoms with Crippen LogP contribution in [-0.2, 0) is 13.1 Å². The van der Waals surface area contributed by atoms with Gasteiger partial charge < -0.3 is 14.4 Å². The van der Waals surface area contributed by atoms with Gasteiger partial charge in [-0.05, 0) is 43.0 Å². The van der Waals surface area contributed by atoms with Crippen LogP contribution in [0.4, 0.5) is 0 Å². The fourth-order valence-electron chi connectivity index (χ4n) is 4.88. The summed E-state index contributed by atoms with van der Waals surface area (Å²) in [5.74, 6) is 1.38. The molecule has 2 heterocycles. The summed E-state index contributed by atoms with van der Waals surface area (Å²) in [6.45, 7) is 1.12. The number of nitrogens with zero attached hydrogens (tertiary/aromatic N) is 3. The van der Waals surface area contributed by atoms with Crippen LogP contribution >= 0.6 is 0 Å². The van der Waals surface area contributed by atoms with Gasteiger partial charge in [0, 0.05) is 12.6 Å². The van der Waals surface area contributed by atoms with E-state index >= 15 is 0 Å². The molecule has 0 saturated heterocycles. The molecule has 0 unspecified atom stereocenters. The van der Waals surface area contributed by atoms with E-state index in [0.29, 0.717) is 28.6 Å². The lowest BCUT2D eigenvalue weighted by Gasteiger charge is -2.24. The number of carbonyl (C=O) groups excluding carboxylic acids is 2. The number of fused-ring (bicyclic) bond motifs is 2. The highest BCUT2D eigenvalue weighted by Crippen LogP contribution is 2.31. The monoisotopic (exact) mass is 433 g/mol. The lowest BCUT2D eigenvalue weighted by molar-refractivity contribution is 0.0636. The van der Waals surface area contributed by atoms with Crippen LogP contribution in [0.5, 0.6) is 5.75 Å². The summed E-state index contributed by atoms with van der Waals surface area (Å²) in [6.07, 6.45) is 6.09. The summed E-state index contributed by atoms with van der Waals surface area (Å²) < 4.78 is 7.77. The van der Waals surface area contributed by atoms with Gasteiger partial charge in [0.15, 0.2) is 0 Å². The van der Waals surface area contributed by atoms with E-state index in [1.54, 1.807) is 24.3 Å². The van der Waals surface area contributed by atoms with Gasteiger partial charge in [-0.25, -0.2) is 4.98 Å². The van der Waals surface area contributed by atoms with Crippen molar-refractivity contribution in [3.63, 3.8) is 0 Å². The Bertz CT molecular complexity index is 1130. The molecule has 0 spiro atoms. The molecule has 1 aliphatic heterocycles. The van der Waals surface area contributed by atoms with Gasteiger partial charge >= 0.3 is 0 Å². The number of hydrogen-bond donors (Lipinski definition) is 1. The smallest absolute Gasteiger partial charge is 0.261 e. The Morgan fingerprint density at radius 3 is 2.41 bits per heavy atom. The van der Waals surface area contributed by atoms with E-state index in [9.17, 15) is 9.59 Å². The second-order valence-electron chi connectivity index (χ2n) is 8.61. The molecule has 32 heavy (non-hydrogen) atoms. The van der Waals surface area contributed by atoms with Gasteiger partial charge in [-0.3, -0.25) is 14.5 Å². The summed E-state index contributed by atoms with van der Waals surface area (Å²) in [4.78, 5) is 32.0. The standard InChI is InChI=1S/C25H27N3O4/c29-12-13-32-18-10-11-21-22(14-18)27(15-17-6-2-1-3-7-17)23(26-21)16-28-24(30)19-8-4-5-9-20(19)25(28)31/h4-5,8-11,14,17,29H,1-3,6-7,12-13,15-16H2. The molecule has 7 heteroatoms. The van der Waals surface area contributed by atoms with Crippen molar-refractivity contribution in [2.75, 3.05) is 13.2 Å². The number of imide groups is 1. The van der Waals surface area contributed by atoms with Gasteiger partial charge in [0.1, 0.15) is 18.2 Å². The molecular weight excluding hydrogens is 406 g/mol. The lowest BCUT2D eigenvalue weighted by atomic mass is 9.89. The SMILES string of the molecule is O=C1c2ccccc2C(=O)N1Cc1nc2ccc(OCCO)cc2n1CC1CCCCC1. The molecule has 2 aromatic carbocycles. The summed E-state index contributed by atoms with van der Waals surface area (Å²) in [5.41, 5.74) is 2.64. The number of rotatable bonds is 7. The largest absolute Gasteiger partial charge is 0.491 e. The Balaban J connectivity index is 1.50. The number of amides is 2. The molecule has 3 aromatic rings. The van der Waals surface area contributed by atoms with Gasteiger partial charge in [0.2, 0.25) is 0 Å². The highest BCUT2D eigenvalue weighted by Gasteiger charge is 2.36. The van der Waals surface area contributed by atoms with Crippen molar-refractivity contribution in [1.29, 1.82) is 0 Å². The molecular formula is C25H27N3O4. The van der Waals surface area contributed by atoms with Crippen molar-refractivity contribution >= 4 is 22.8 Å². The molecule has 1 fully saturated rings. The van der Waals surface area contributed by atoms with Gasteiger partial charge in [0.25, 0.3) is 11.8 Å². The first kappa shape index (κ1) is 20.7. The second-order valence-corrected chi connectivity index (χ2v) is 8.61. The van der Waals surface area contributed by atoms with E-state index in [0.717, 1.165) is 17.6 Å². The third-order valence-corrected chi connectivity index (χ3v) is 6.50. The van der Waals surface area contributed by atoms with Crippen LogP contribution in [-0.4, -0.2) is 44.6 Å². The van der Waals surface area contributed by atoms with Crippen molar-refractivity contribution < 1.29 is 19.4 Å². The van der Waals surface area contributed by atoms with E-state index in [-0.39, 0.29) is 31.6 Å². The Hall–Kier alpha value is -3.19. The van der Waals surface area contributed by atoms with Crippen molar-refractivity contribution in [2.45, 2.75) is 45.2 Å². The average molecular weight is 434 g/mol. The average Bonchev–Trinajstić information content (AvgIpc) is 3.28. The number of imidazole rings is 1. The second kappa shape index (κ2) is 8.74. The third kappa shape index (κ3) is 3.77. The van der Waals surface area contributed by atoms with Crippen LogP contribution < -0.4 is 4.74 Å². The van der Waals surface area contributed by atoms with Crippen molar-refractivity contribution in [3.8, 4) is 5.75 Å². The van der Waals surface area contributed by atoms with Crippen LogP contribution in [0.15, 0.2) is 42.5 Å². The summed E-state index contributed by atoms with van der Waals surface area (Å²) in [5, 5.41) is 9.09. The number of ether oxygens (including phenoxy) is 1. The number of aromatic nitrogens is 2. The number of hydrogen-bond acceptors (Lipinski definition) is 5. The number of benzene rings is 2. The zero-order chi connectivity index (χ0) is 22.1. The predicted molar refractivity (Wildman–Crippen MR) is 120 cm³/mol. The summed E-state index contributed by atoms with van der Waals surface area (Å²) in [7, 11) is 0. The summed E-state index contributed by atoms with van der Waals surface area (Å²) in [6, 6.07) is 12.6. The number of aliphatic hydroxyl groups excluding tert-OH is 1. The molecule has 0 atom stereocenters. The zero-order valence-electron chi connectivity index (χ0n) is 18.0. The van der Waals surface area contributed by atoms with E-state index in [1.807, 2.05) is 18.2 Å². The van der Waals surface area contributed by atoms with Crippen LogP contribution in [0.2, 0.25) is 0 Å². The molecule has 2 amide bonds. The number of aliphatic hydroxyl groups is 1. The first-order chi connectivity index (χ1) is 15.7. The lowest BCUT2D eigenvalue weighted by Crippen LogP contribution is -2.31. The van der Waals surface area contributed by atoms with Gasteiger partial charge in [-0.1, -0.05) is 31.4 Å². The van der Waals surface area contributed by atoms with Crippen LogP contribution in [0.1, 0.15) is 58.6 Å². The topological polar surface area (TPSA) is 84.7 Å². The Kier molecular flexibility index (Phi) is 5.66. The Morgan fingerprint density at radius 1 is 1.00 bits per heavy atom. The first-order valence-electron chi connectivity index (χ1n) is 11.3. The predicted octanol–water partition coefficient (Wildman–Crippen LogP) is 3.78. The molecule has 5 rings (SSSR count). The molecule has 1 aliphatic carbocycles. The van der Waals surface area contributed by atoms with Crippen LogP contribution in [0, 0.1) is 5.92 Å². The van der Waals surface area contributed by atoms with Gasteiger partial charge in [-0.15, -0.1) is 0 Å². The highest BCUT2D eigenvalue weighted by molar-refractivity contribution is 6.21. The molecule has 7 nitrogen and oxygen atoms in total. The minimum absolute atomic E-state index is 0.0512. The van der Waals surface area contributed by atoms with Crippen molar-refractivity contribution in [1.82, 2.24) is 14.5 Å². The third-order valence-electron chi connectivity index (χ3n) is 6.50. The van der Waals surface area contributed by atoms with E-state index in [2.05, 4.69) is 4.57 Å². The van der Waals surface area contributed by atoms with Gasteiger partial charge in [-0.2, -0.15) is 0 Å². The maximum absolute atomic E-state index is 12.9. The van der Waals surface area contributed by atoms with E-state index < -0.39 is 0 Å². The quantitative estimate of drug-likeness (QED) is 0.573.